The van der Waals surface area contributed by atoms with E-state index in [0.29, 0.717) is 6.04 Å². The summed E-state index contributed by atoms with van der Waals surface area (Å²) in [5.41, 5.74) is 3.38. The molecule has 7 heteroatoms. The van der Waals surface area contributed by atoms with Gasteiger partial charge in [0.05, 0.1) is 6.33 Å². The van der Waals surface area contributed by atoms with Crippen LogP contribution in [-0.4, -0.2) is 50.1 Å². The second-order valence-corrected chi connectivity index (χ2v) is 8.03. The number of rotatable bonds is 2. The van der Waals surface area contributed by atoms with Gasteiger partial charge >= 0.3 is 0 Å². The number of thiophene rings is 1. The maximum absolute atomic E-state index is 4.53. The Hall–Kier alpha value is -1.99. The number of imidazole rings is 1. The van der Waals surface area contributed by atoms with E-state index in [4.69, 9.17) is 0 Å². The fraction of sp³-hybridized carbons (Fsp3) is 0.500. The van der Waals surface area contributed by atoms with E-state index in [9.17, 15) is 0 Å². The molecule has 0 N–H and O–H groups in total. The standard InChI is InChI=1S/C18H22N6S/c1-22-12-21-16-17(22)19-11-20-18(16)23-6-2-14(3-7-23)24-8-4-15-13(10-24)5-9-25-15/h5,9,11-12,14H,2-4,6-8,10H2,1H3. The van der Waals surface area contributed by atoms with Gasteiger partial charge in [-0.1, -0.05) is 0 Å². The van der Waals surface area contributed by atoms with Crippen molar-refractivity contribution in [3.8, 4) is 0 Å². The first-order valence-corrected chi connectivity index (χ1v) is 9.84. The molecule has 3 aromatic rings. The molecule has 25 heavy (non-hydrogen) atoms. The molecular weight excluding hydrogens is 332 g/mol. The molecule has 0 atom stereocenters. The Kier molecular flexibility index (Phi) is 3.71. The SMILES string of the molecule is Cn1cnc2c(N3CCC(N4CCc5sccc5C4)CC3)ncnc21. The van der Waals surface area contributed by atoms with Gasteiger partial charge in [0.2, 0.25) is 0 Å². The minimum atomic E-state index is 0.686. The van der Waals surface area contributed by atoms with Crippen molar-refractivity contribution in [1.29, 1.82) is 0 Å². The summed E-state index contributed by atoms with van der Waals surface area (Å²) in [4.78, 5) is 20.1. The van der Waals surface area contributed by atoms with E-state index in [2.05, 4.69) is 36.2 Å². The Morgan fingerprint density at radius 1 is 1.12 bits per heavy atom. The number of hydrogen-bond donors (Lipinski definition) is 0. The Bertz CT molecular complexity index is 892. The number of nitrogens with zero attached hydrogens (tertiary/aromatic N) is 6. The number of anilines is 1. The summed E-state index contributed by atoms with van der Waals surface area (Å²) in [6.07, 6.45) is 7.08. The highest BCUT2D eigenvalue weighted by Crippen LogP contribution is 2.30. The highest BCUT2D eigenvalue weighted by Gasteiger charge is 2.29. The first-order chi connectivity index (χ1) is 12.3. The maximum atomic E-state index is 4.53. The minimum absolute atomic E-state index is 0.686. The molecule has 3 aromatic heterocycles. The van der Waals surface area contributed by atoms with E-state index in [-0.39, 0.29) is 0 Å². The molecule has 0 unspecified atom stereocenters. The molecule has 2 aliphatic heterocycles. The summed E-state index contributed by atoms with van der Waals surface area (Å²) in [5, 5.41) is 2.24. The molecule has 1 saturated heterocycles. The van der Waals surface area contributed by atoms with Crippen LogP contribution in [0.25, 0.3) is 11.2 Å². The minimum Gasteiger partial charge on any atom is -0.355 e. The smallest absolute Gasteiger partial charge is 0.165 e. The van der Waals surface area contributed by atoms with Gasteiger partial charge in [-0.25, -0.2) is 15.0 Å². The molecule has 0 spiro atoms. The number of aromatic nitrogens is 4. The first-order valence-electron chi connectivity index (χ1n) is 8.96. The monoisotopic (exact) mass is 354 g/mol. The van der Waals surface area contributed by atoms with Crippen LogP contribution in [0.5, 0.6) is 0 Å². The lowest BCUT2D eigenvalue weighted by molar-refractivity contribution is 0.154. The van der Waals surface area contributed by atoms with Crippen LogP contribution in [0.2, 0.25) is 0 Å². The molecule has 5 rings (SSSR count). The van der Waals surface area contributed by atoms with E-state index >= 15 is 0 Å². The van der Waals surface area contributed by atoms with Crippen LogP contribution in [0.3, 0.4) is 0 Å². The first kappa shape index (κ1) is 15.3. The van der Waals surface area contributed by atoms with Crippen molar-refractivity contribution < 1.29 is 0 Å². The van der Waals surface area contributed by atoms with Gasteiger partial charge in [-0.15, -0.1) is 11.3 Å². The van der Waals surface area contributed by atoms with Gasteiger partial charge in [-0.05, 0) is 36.3 Å². The fourth-order valence-electron chi connectivity index (χ4n) is 4.19. The summed E-state index contributed by atoms with van der Waals surface area (Å²) >= 11 is 1.92. The summed E-state index contributed by atoms with van der Waals surface area (Å²) in [5.74, 6) is 0.989. The van der Waals surface area contributed by atoms with E-state index in [1.807, 2.05) is 29.3 Å². The second-order valence-electron chi connectivity index (χ2n) is 7.03. The van der Waals surface area contributed by atoms with Crippen LogP contribution >= 0.6 is 11.3 Å². The number of aryl methyl sites for hydroxylation is 1. The summed E-state index contributed by atoms with van der Waals surface area (Å²) < 4.78 is 1.96. The third-order valence-electron chi connectivity index (χ3n) is 5.60. The molecule has 0 bridgehead atoms. The van der Waals surface area contributed by atoms with Crippen molar-refractivity contribution in [3.63, 3.8) is 0 Å². The Balaban J connectivity index is 1.30. The predicted octanol–water partition coefficient (Wildman–Crippen LogP) is 2.45. The van der Waals surface area contributed by atoms with Gasteiger partial charge in [0.1, 0.15) is 6.33 Å². The van der Waals surface area contributed by atoms with Crippen molar-refractivity contribution in [1.82, 2.24) is 24.4 Å². The van der Waals surface area contributed by atoms with Crippen molar-refractivity contribution in [3.05, 3.63) is 34.5 Å². The van der Waals surface area contributed by atoms with E-state index in [1.54, 1.807) is 16.8 Å². The highest BCUT2D eigenvalue weighted by atomic mass is 32.1. The van der Waals surface area contributed by atoms with Gasteiger partial charge in [0.15, 0.2) is 17.0 Å². The third kappa shape index (κ3) is 2.62. The molecule has 6 nitrogen and oxygen atoms in total. The highest BCUT2D eigenvalue weighted by molar-refractivity contribution is 7.10. The van der Waals surface area contributed by atoms with Crippen molar-refractivity contribution in [2.75, 3.05) is 24.5 Å². The van der Waals surface area contributed by atoms with E-state index < -0.39 is 0 Å². The molecule has 0 aromatic carbocycles. The molecule has 130 valence electrons. The molecule has 0 amide bonds. The lowest BCUT2D eigenvalue weighted by Gasteiger charge is -2.40. The second kappa shape index (κ2) is 6.07. The number of hydrogen-bond acceptors (Lipinski definition) is 6. The number of piperidine rings is 1. The summed E-state index contributed by atoms with van der Waals surface area (Å²) in [6.45, 7) is 4.42. The largest absolute Gasteiger partial charge is 0.355 e. The molecule has 1 fully saturated rings. The van der Waals surface area contributed by atoms with Gasteiger partial charge < -0.3 is 9.47 Å². The van der Waals surface area contributed by atoms with Gasteiger partial charge in [0, 0.05) is 44.1 Å². The van der Waals surface area contributed by atoms with E-state index in [0.717, 1.165) is 36.6 Å². The Morgan fingerprint density at radius 2 is 2.00 bits per heavy atom. The van der Waals surface area contributed by atoms with Crippen molar-refractivity contribution >= 4 is 28.3 Å². The van der Waals surface area contributed by atoms with Crippen molar-refractivity contribution in [2.24, 2.45) is 7.05 Å². The normalized spacial score (nSPS) is 19.5. The van der Waals surface area contributed by atoms with Crippen LogP contribution in [-0.2, 0) is 20.0 Å². The lowest BCUT2D eigenvalue weighted by atomic mass is 9.99. The molecular formula is C18H22N6S. The zero-order valence-electron chi connectivity index (χ0n) is 14.4. The quantitative estimate of drug-likeness (QED) is 0.707. The topological polar surface area (TPSA) is 50.1 Å². The van der Waals surface area contributed by atoms with Gasteiger partial charge in [0.25, 0.3) is 0 Å². The number of fused-ring (bicyclic) bond motifs is 2. The molecule has 0 radical (unpaired) electrons. The van der Waals surface area contributed by atoms with Gasteiger partial charge in [-0.3, -0.25) is 4.90 Å². The van der Waals surface area contributed by atoms with Crippen LogP contribution in [0.4, 0.5) is 5.82 Å². The third-order valence-corrected chi connectivity index (χ3v) is 6.62. The van der Waals surface area contributed by atoms with Crippen LogP contribution < -0.4 is 4.90 Å². The molecule has 2 aliphatic rings. The summed E-state index contributed by atoms with van der Waals surface area (Å²) in [6, 6.07) is 2.99. The molecule has 0 aliphatic carbocycles. The Labute approximate surface area is 151 Å². The van der Waals surface area contributed by atoms with Gasteiger partial charge in [-0.2, -0.15) is 0 Å². The van der Waals surface area contributed by atoms with E-state index in [1.165, 1.54) is 25.8 Å². The fourth-order valence-corrected chi connectivity index (χ4v) is 5.08. The zero-order chi connectivity index (χ0) is 16.8. The maximum Gasteiger partial charge on any atom is 0.165 e. The van der Waals surface area contributed by atoms with Crippen molar-refractivity contribution in [2.45, 2.75) is 31.8 Å². The molecule has 0 saturated carbocycles. The van der Waals surface area contributed by atoms with Crippen LogP contribution in [0.15, 0.2) is 24.1 Å². The predicted molar refractivity (Wildman–Crippen MR) is 100.0 cm³/mol. The average molecular weight is 354 g/mol. The lowest BCUT2D eigenvalue weighted by Crippen LogP contribution is -2.46. The molecule has 5 heterocycles. The summed E-state index contributed by atoms with van der Waals surface area (Å²) in [7, 11) is 1.98. The van der Waals surface area contributed by atoms with Crippen LogP contribution in [0.1, 0.15) is 23.3 Å². The van der Waals surface area contributed by atoms with Crippen LogP contribution in [0, 0.1) is 0 Å². The zero-order valence-corrected chi connectivity index (χ0v) is 15.2. The average Bonchev–Trinajstić information content (AvgIpc) is 3.28. The Morgan fingerprint density at radius 3 is 2.88 bits per heavy atom.